The summed E-state index contributed by atoms with van der Waals surface area (Å²) in [5.41, 5.74) is 8.13. The molecule has 4 nitrogen and oxygen atoms in total. The smallest absolute Gasteiger partial charge is 0.225 e. The van der Waals surface area contributed by atoms with Crippen LogP contribution in [0.4, 0.5) is 5.69 Å². The van der Waals surface area contributed by atoms with E-state index < -0.39 is 0 Å². The molecule has 25 heavy (non-hydrogen) atoms. The number of ether oxygens (including phenoxy) is 1. The first kappa shape index (κ1) is 19.8. The van der Waals surface area contributed by atoms with Gasteiger partial charge in [0.05, 0.1) is 12.0 Å². The number of nitrogens with two attached hydrogens (primary N) is 1. The van der Waals surface area contributed by atoms with Crippen LogP contribution in [-0.2, 0) is 21.5 Å². The Morgan fingerprint density at radius 3 is 2.28 bits per heavy atom. The highest BCUT2D eigenvalue weighted by molar-refractivity contribution is 9.10. The summed E-state index contributed by atoms with van der Waals surface area (Å²) in [6.45, 7) is 1.30. The van der Waals surface area contributed by atoms with E-state index in [0.29, 0.717) is 25.3 Å². The predicted octanol–water partition coefficient (Wildman–Crippen LogP) is 3.82. The number of anilines is 1. The molecule has 1 amide bonds. The molecule has 1 heterocycles. The minimum absolute atomic E-state index is 0. The normalized spacial score (nSPS) is 15.9. The van der Waals surface area contributed by atoms with E-state index in [1.165, 1.54) is 0 Å². The van der Waals surface area contributed by atoms with Gasteiger partial charge in [-0.15, -0.1) is 12.4 Å². The van der Waals surface area contributed by atoms with Crippen LogP contribution in [0.5, 0.6) is 0 Å². The van der Waals surface area contributed by atoms with Crippen LogP contribution in [0.25, 0.3) is 0 Å². The van der Waals surface area contributed by atoms with Crippen molar-refractivity contribution in [3.8, 4) is 0 Å². The van der Waals surface area contributed by atoms with E-state index in [0.717, 1.165) is 28.4 Å². The Bertz CT molecular complexity index is 698. The fraction of sp³-hybridized carbons (Fsp3) is 0.316. The van der Waals surface area contributed by atoms with Crippen LogP contribution in [0.3, 0.4) is 0 Å². The van der Waals surface area contributed by atoms with Crippen LogP contribution in [0.2, 0.25) is 0 Å². The highest BCUT2D eigenvalue weighted by Crippen LogP contribution is 2.33. The summed E-state index contributed by atoms with van der Waals surface area (Å²) in [4.78, 5) is 12.6. The number of rotatable bonds is 4. The van der Waals surface area contributed by atoms with E-state index in [4.69, 9.17) is 10.5 Å². The predicted molar refractivity (Wildman–Crippen MR) is 106 cm³/mol. The average Bonchev–Trinajstić information content (AvgIpc) is 2.58. The van der Waals surface area contributed by atoms with Crippen molar-refractivity contribution in [2.24, 2.45) is 0 Å². The Kier molecular flexibility index (Phi) is 6.87. The van der Waals surface area contributed by atoms with Crippen LogP contribution in [0.1, 0.15) is 24.0 Å². The van der Waals surface area contributed by atoms with Crippen molar-refractivity contribution in [2.75, 3.05) is 18.9 Å². The summed E-state index contributed by atoms with van der Waals surface area (Å²) in [7, 11) is 0. The van der Waals surface area contributed by atoms with Crippen LogP contribution >= 0.6 is 28.3 Å². The maximum absolute atomic E-state index is 12.6. The summed E-state index contributed by atoms with van der Waals surface area (Å²) in [6, 6.07) is 15.6. The molecule has 2 aromatic carbocycles. The van der Waals surface area contributed by atoms with E-state index in [1.54, 1.807) is 0 Å². The molecule has 0 atom stereocenters. The molecule has 3 N–H and O–H groups in total. The topological polar surface area (TPSA) is 64.4 Å². The van der Waals surface area contributed by atoms with E-state index in [2.05, 4.69) is 33.4 Å². The van der Waals surface area contributed by atoms with Crippen molar-refractivity contribution in [1.82, 2.24) is 5.32 Å². The monoisotopic (exact) mass is 424 g/mol. The van der Waals surface area contributed by atoms with Gasteiger partial charge in [0.1, 0.15) is 0 Å². The minimum atomic E-state index is -0.357. The molecule has 0 saturated carbocycles. The number of hydrogen-bond donors (Lipinski definition) is 2. The van der Waals surface area contributed by atoms with Gasteiger partial charge in [-0.05, 0) is 48.2 Å². The fourth-order valence-corrected chi connectivity index (χ4v) is 3.37. The number of benzene rings is 2. The Labute approximate surface area is 162 Å². The van der Waals surface area contributed by atoms with Crippen molar-refractivity contribution in [3.63, 3.8) is 0 Å². The largest absolute Gasteiger partial charge is 0.399 e. The molecule has 6 heteroatoms. The molecule has 2 aromatic rings. The van der Waals surface area contributed by atoms with Crippen molar-refractivity contribution in [2.45, 2.75) is 24.8 Å². The zero-order valence-corrected chi connectivity index (χ0v) is 16.2. The Morgan fingerprint density at radius 1 is 1.08 bits per heavy atom. The van der Waals surface area contributed by atoms with Gasteiger partial charge in [-0.3, -0.25) is 4.79 Å². The number of nitrogens with one attached hydrogen (secondary N) is 1. The SMILES string of the molecule is Cl.Nc1ccc(CC(=O)NC2(c3ccc(Br)cc3)CCOCC2)cc1. The van der Waals surface area contributed by atoms with Crippen molar-refractivity contribution >= 4 is 39.9 Å². The number of nitrogen functional groups attached to an aromatic ring is 1. The van der Waals surface area contributed by atoms with Gasteiger partial charge in [-0.2, -0.15) is 0 Å². The number of halogens is 2. The third kappa shape index (κ3) is 4.97. The quantitative estimate of drug-likeness (QED) is 0.732. The number of hydrogen-bond acceptors (Lipinski definition) is 3. The molecular weight excluding hydrogens is 404 g/mol. The van der Waals surface area contributed by atoms with E-state index in [-0.39, 0.29) is 23.9 Å². The molecule has 134 valence electrons. The minimum Gasteiger partial charge on any atom is -0.399 e. The Balaban J connectivity index is 0.00000225. The summed E-state index contributed by atoms with van der Waals surface area (Å²) in [5, 5.41) is 3.27. The maximum atomic E-state index is 12.6. The first-order chi connectivity index (χ1) is 11.6. The summed E-state index contributed by atoms with van der Waals surface area (Å²) >= 11 is 3.47. The molecule has 1 aliphatic heterocycles. The van der Waals surface area contributed by atoms with E-state index in [9.17, 15) is 4.79 Å². The van der Waals surface area contributed by atoms with Crippen molar-refractivity contribution < 1.29 is 9.53 Å². The maximum Gasteiger partial charge on any atom is 0.225 e. The van der Waals surface area contributed by atoms with E-state index in [1.807, 2.05) is 36.4 Å². The molecule has 1 saturated heterocycles. The second-order valence-electron chi connectivity index (χ2n) is 6.17. The molecule has 3 rings (SSSR count). The summed E-state index contributed by atoms with van der Waals surface area (Å²) in [6.07, 6.45) is 1.91. The van der Waals surface area contributed by atoms with Crippen molar-refractivity contribution in [3.05, 3.63) is 64.1 Å². The molecule has 1 fully saturated rings. The number of carbonyl (C=O) groups excluding carboxylic acids is 1. The second kappa shape index (κ2) is 8.70. The van der Waals surface area contributed by atoms with Gasteiger partial charge in [0, 0.05) is 23.4 Å². The zero-order valence-electron chi connectivity index (χ0n) is 13.8. The fourth-order valence-electron chi connectivity index (χ4n) is 3.11. The highest BCUT2D eigenvalue weighted by atomic mass is 79.9. The second-order valence-corrected chi connectivity index (χ2v) is 7.08. The van der Waals surface area contributed by atoms with Gasteiger partial charge < -0.3 is 15.8 Å². The van der Waals surface area contributed by atoms with Crippen LogP contribution in [0.15, 0.2) is 53.0 Å². The lowest BCUT2D eigenvalue weighted by Crippen LogP contribution is -2.50. The van der Waals surface area contributed by atoms with Gasteiger partial charge in [0.15, 0.2) is 0 Å². The molecule has 0 spiro atoms. The first-order valence-corrected chi connectivity index (χ1v) is 8.86. The number of carbonyl (C=O) groups is 1. The molecule has 0 unspecified atom stereocenters. The highest BCUT2D eigenvalue weighted by Gasteiger charge is 2.35. The lowest BCUT2D eigenvalue weighted by atomic mass is 9.82. The van der Waals surface area contributed by atoms with Gasteiger partial charge in [0.2, 0.25) is 5.91 Å². The van der Waals surface area contributed by atoms with Crippen LogP contribution in [0, 0.1) is 0 Å². The lowest BCUT2D eigenvalue weighted by molar-refractivity contribution is -0.123. The zero-order chi connectivity index (χ0) is 17.0. The summed E-state index contributed by atoms with van der Waals surface area (Å²) < 4.78 is 6.54. The van der Waals surface area contributed by atoms with Gasteiger partial charge >= 0.3 is 0 Å². The average molecular weight is 426 g/mol. The molecule has 1 aliphatic rings. The summed E-state index contributed by atoms with van der Waals surface area (Å²) in [5.74, 6) is 0.0181. The third-order valence-corrected chi connectivity index (χ3v) is 4.99. The third-order valence-electron chi connectivity index (χ3n) is 4.47. The van der Waals surface area contributed by atoms with Gasteiger partial charge in [-0.1, -0.05) is 40.2 Å². The number of amides is 1. The van der Waals surface area contributed by atoms with Crippen LogP contribution in [-0.4, -0.2) is 19.1 Å². The molecule has 0 bridgehead atoms. The van der Waals surface area contributed by atoms with E-state index >= 15 is 0 Å². The molecule has 0 aromatic heterocycles. The Morgan fingerprint density at radius 2 is 1.68 bits per heavy atom. The Hall–Kier alpha value is -1.56. The molecular formula is C19H22BrClN2O2. The lowest BCUT2D eigenvalue weighted by Gasteiger charge is -2.38. The standard InChI is InChI=1S/C19H21BrN2O2.ClH/c20-16-5-3-15(4-6-16)19(9-11-24-12-10-19)22-18(23)13-14-1-7-17(21)8-2-14;/h1-8H,9-13,21H2,(H,22,23);1H. The van der Waals surface area contributed by atoms with Crippen molar-refractivity contribution in [1.29, 1.82) is 0 Å². The van der Waals surface area contributed by atoms with Gasteiger partial charge in [-0.25, -0.2) is 0 Å². The molecule has 0 radical (unpaired) electrons. The van der Waals surface area contributed by atoms with Crippen LogP contribution < -0.4 is 11.1 Å². The first-order valence-electron chi connectivity index (χ1n) is 8.07. The molecule has 0 aliphatic carbocycles. The van der Waals surface area contributed by atoms with Gasteiger partial charge in [0.25, 0.3) is 0 Å².